The van der Waals surface area contributed by atoms with E-state index in [0.29, 0.717) is 17.9 Å². The number of aryl methyl sites for hydroxylation is 2. The van der Waals surface area contributed by atoms with Gasteiger partial charge in [0.25, 0.3) is 0 Å². The summed E-state index contributed by atoms with van der Waals surface area (Å²) in [5.41, 5.74) is 1.29. The molecule has 6 heteroatoms. The van der Waals surface area contributed by atoms with Crippen molar-refractivity contribution in [1.29, 1.82) is 0 Å². The third kappa shape index (κ3) is 2.08. The lowest BCUT2D eigenvalue weighted by Gasteiger charge is -2.22. The van der Waals surface area contributed by atoms with Crippen LogP contribution >= 0.6 is 0 Å². The number of aromatic amines is 1. The van der Waals surface area contributed by atoms with E-state index in [9.17, 15) is 9.90 Å². The Hall–Kier alpha value is -1.95. The van der Waals surface area contributed by atoms with E-state index >= 15 is 0 Å². The SMILES string of the molecule is Cc1cc(=O)c(-c2nnc3n2CC(CO)CC3)c[nH]1. The molecule has 0 saturated heterocycles. The quantitative estimate of drug-likeness (QED) is 0.823. The zero-order valence-corrected chi connectivity index (χ0v) is 10.8. The first-order chi connectivity index (χ1) is 9.19. The first kappa shape index (κ1) is 12.1. The Morgan fingerprint density at radius 2 is 2.37 bits per heavy atom. The molecule has 6 nitrogen and oxygen atoms in total. The summed E-state index contributed by atoms with van der Waals surface area (Å²) < 4.78 is 1.95. The normalized spacial score (nSPS) is 18.3. The minimum atomic E-state index is -0.0578. The van der Waals surface area contributed by atoms with E-state index < -0.39 is 0 Å². The van der Waals surface area contributed by atoms with E-state index in [-0.39, 0.29) is 18.0 Å². The fourth-order valence-electron chi connectivity index (χ4n) is 2.49. The molecule has 2 aromatic heterocycles. The van der Waals surface area contributed by atoms with Crippen molar-refractivity contribution in [1.82, 2.24) is 19.7 Å². The average Bonchev–Trinajstić information content (AvgIpc) is 2.81. The van der Waals surface area contributed by atoms with Crippen molar-refractivity contribution < 1.29 is 5.11 Å². The Balaban J connectivity index is 2.07. The first-order valence-corrected chi connectivity index (χ1v) is 6.41. The highest BCUT2D eigenvalue weighted by molar-refractivity contribution is 5.54. The Bertz CT molecular complexity index is 659. The Kier molecular flexibility index (Phi) is 2.94. The molecule has 1 unspecified atom stereocenters. The van der Waals surface area contributed by atoms with Gasteiger partial charge in [0.05, 0.1) is 5.56 Å². The zero-order chi connectivity index (χ0) is 13.4. The molecule has 0 radical (unpaired) electrons. The summed E-state index contributed by atoms with van der Waals surface area (Å²) in [6, 6.07) is 1.56. The molecule has 0 aliphatic carbocycles. The monoisotopic (exact) mass is 260 g/mol. The van der Waals surface area contributed by atoms with Crippen LogP contribution in [0.1, 0.15) is 17.9 Å². The largest absolute Gasteiger partial charge is 0.396 e. The van der Waals surface area contributed by atoms with Crippen LogP contribution in [0.4, 0.5) is 0 Å². The maximum absolute atomic E-state index is 12.0. The predicted octanol–water partition coefficient (Wildman–Crippen LogP) is 0.497. The van der Waals surface area contributed by atoms with Crippen LogP contribution in [0.25, 0.3) is 11.4 Å². The number of hydrogen-bond donors (Lipinski definition) is 2. The zero-order valence-electron chi connectivity index (χ0n) is 10.8. The molecule has 2 aromatic rings. The number of pyridine rings is 1. The summed E-state index contributed by atoms with van der Waals surface area (Å²) in [6.07, 6.45) is 3.39. The number of rotatable bonds is 2. The van der Waals surface area contributed by atoms with Crippen molar-refractivity contribution >= 4 is 0 Å². The maximum atomic E-state index is 12.0. The number of aliphatic hydroxyl groups excluding tert-OH is 1. The minimum absolute atomic E-state index is 0.0578. The fourth-order valence-corrected chi connectivity index (χ4v) is 2.49. The van der Waals surface area contributed by atoms with E-state index in [0.717, 1.165) is 24.4 Å². The predicted molar refractivity (Wildman–Crippen MR) is 69.7 cm³/mol. The van der Waals surface area contributed by atoms with E-state index in [1.807, 2.05) is 11.5 Å². The molecule has 0 fully saturated rings. The third-order valence-electron chi connectivity index (χ3n) is 3.60. The highest BCUT2D eigenvalue weighted by Crippen LogP contribution is 2.23. The number of nitrogens with zero attached hydrogens (tertiary/aromatic N) is 3. The van der Waals surface area contributed by atoms with Gasteiger partial charge in [-0.15, -0.1) is 10.2 Å². The molecule has 0 spiro atoms. The number of aromatic nitrogens is 4. The molecule has 100 valence electrons. The van der Waals surface area contributed by atoms with Crippen LogP contribution in [0.2, 0.25) is 0 Å². The lowest BCUT2D eigenvalue weighted by atomic mass is 10.00. The molecule has 0 amide bonds. The molecule has 19 heavy (non-hydrogen) atoms. The standard InChI is InChI=1S/C13H16N4O2/c1-8-4-11(19)10(5-14-8)13-16-15-12-3-2-9(7-18)6-17(12)13/h4-5,9,18H,2-3,6-7H2,1H3,(H,14,19). The molecule has 0 saturated carbocycles. The second-order valence-electron chi connectivity index (χ2n) is 5.03. The van der Waals surface area contributed by atoms with Gasteiger partial charge in [-0.25, -0.2) is 0 Å². The molecule has 2 N–H and O–H groups in total. The number of aliphatic hydroxyl groups is 1. The van der Waals surface area contributed by atoms with Gasteiger partial charge in [0.15, 0.2) is 11.3 Å². The summed E-state index contributed by atoms with van der Waals surface area (Å²) in [5.74, 6) is 1.70. The third-order valence-corrected chi connectivity index (χ3v) is 3.60. The lowest BCUT2D eigenvalue weighted by molar-refractivity contribution is 0.191. The average molecular weight is 260 g/mol. The van der Waals surface area contributed by atoms with Gasteiger partial charge in [0.1, 0.15) is 5.82 Å². The van der Waals surface area contributed by atoms with E-state index in [4.69, 9.17) is 0 Å². The van der Waals surface area contributed by atoms with Crippen LogP contribution in [0.5, 0.6) is 0 Å². The highest BCUT2D eigenvalue weighted by atomic mass is 16.3. The first-order valence-electron chi connectivity index (χ1n) is 6.41. The van der Waals surface area contributed by atoms with E-state index in [2.05, 4.69) is 15.2 Å². The summed E-state index contributed by atoms with van der Waals surface area (Å²) in [7, 11) is 0. The second-order valence-corrected chi connectivity index (χ2v) is 5.03. The maximum Gasteiger partial charge on any atom is 0.192 e. The number of fused-ring (bicyclic) bond motifs is 1. The highest BCUT2D eigenvalue weighted by Gasteiger charge is 2.23. The molecule has 0 bridgehead atoms. The van der Waals surface area contributed by atoms with Crippen LogP contribution in [0, 0.1) is 12.8 Å². The van der Waals surface area contributed by atoms with Gasteiger partial charge in [0, 0.05) is 43.4 Å². The van der Waals surface area contributed by atoms with Crippen LogP contribution in [-0.4, -0.2) is 31.5 Å². The molecular weight excluding hydrogens is 244 g/mol. The summed E-state index contributed by atoms with van der Waals surface area (Å²) in [6.45, 7) is 2.66. The molecule has 1 atom stereocenters. The van der Waals surface area contributed by atoms with Gasteiger partial charge in [-0.3, -0.25) is 4.79 Å². The van der Waals surface area contributed by atoms with Gasteiger partial charge < -0.3 is 14.7 Å². The second kappa shape index (κ2) is 4.62. The smallest absolute Gasteiger partial charge is 0.192 e. The van der Waals surface area contributed by atoms with Crippen LogP contribution in [0.15, 0.2) is 17.1 Å². The summed E-state index contributed by atoms with van der Waals surface area (Å²) in [5, 5.41) is 17.6. The topological polar surface area (TPSA) is 83.8 Å². The van der Waals surface area contributed by atoms with Crippen LogP contribution in [-0.2, 0) is 13.0 Å². The van der Waals surface area contributed by atoms with Crippen LogP contribution < -0.4 is 5.43 Å². The molecule has 3 heterocycles. The van der Waals surface area contributed by atoms with E-state index in [1.54, 1.807) is 12.3 Å². The Morgan fingerprint density at radius 3 is 3.11 bits per heavy atom. The van der Waals surface area contributed by atoms with E-state index in [1.165, 1.54) is 0 Å². The van der Waals surface area contributed by atoms with Gasteiger partial charge in [-0.1, -0.05) is 0 Å². The van der Waals surface area contributed by atoms with Crippen molar-refractivity contribution in [2.75, 3.05) is 6.61 Å². The van der Waals surface area contributed by atoms with Crippen LogP contribution in [0.3, 0.4) is 0 Å². The molecule has 0 aromatic carbocycles. The lowest BCUT2D eigenvalue weighted by Crippen LogP contribution is -2.24. The number of nitrogens with one attached hydrogen (secondary N) is 1. The summed E-state index contributed by atoms with van der Waals surface area (Å²) in [4.78, 5) is 15.1. The van der Waals surface area contributed by atoms with Gasteiger partial charge >= 0.3 is 0 Å². The van der Waals surface area contributed by atoms with Crippen molar-refractivity contribution in [3.8, 4) is 11.4 Å². The van der Waals surface area contributed by atoms with Crippen molar-refractivity contribution in [2.45, 2.75) is 26.3 Å². The Labute approximate surface area is 110 Å². The van der Waals surface area contributed by atoms with Gasteiger partial charge in [0.2, 0.25) is 0 Å². The van der Waals surface area contributed by atoms with Crippen molar-refractivity contribution in [2.24, 2.45) is 5.92 Å². The van der Waals surface area contributed by atoms with Crippen molar-refractivity contribution in [3.05, 3.63) is 34.0 Å². The van der Waals surface area contributed by atoms with Gasteiger partial charge in [-0.05, 0) is 13.3 Å². The fraction of sp³-hybridized carbons (Fsp3) is 0.462. The Morgan fingerprint density at radius 1 is 1.53 bits per heavy atom. The van der Waals surface area contributed by atoms with Crippen molar-refractivity contribution in [3.63, 3.8) is 0 Å². The molecule has 1 aliphatic heterocycles. The van der Waals surface area contributed by atoms with Gasteiger partial charge in [-0.2, -0.15) is 0 Å². The molecule has 3 rings (SSSR count). The number of hydrogen-bond acceptors (Lipinski definition) is 4. The summed E-state index contributed by atoms with van der Waals surface area (Å²) >= 11 is 0. The molecular formula is C13H16N4O2. The number of H-pyrrole nitrogens is 1. The molecule has 1 aliphatic rings. The minimum Gasteiger partial charge on any atom is -0.396 e.